The topological polar surface area (TPSA) is 102 Å². The van der Waals surface area contributed by atoms with Crippen molar-refractivity contribution < 1.29 is 14.5 Å². The van der Waals surface area contributed by atoms with Crippen LogP contribution >= 0.6 is 0 Å². The van der Waals surface area contributed by atoms with E-state index < -0.39 is 16.6 Å². The molecule has 1 aromatic heterocycles. The predicted molar refractivity (Wildman–Crippen MR) is 67.6 cm³/mol. The third-order valence-electron chi connectivity index (χ3n) is 2.40. The second kappa shape index (κ2) is 6.58. The summed E-state index contributed by atoms with van der Waals surface area (Å²) in [5, 5.41) is 12.8. The average molecular weight is 265 g/mol. The van der Waals surface area contributed by atoms with Crippen LogP contribution in [0.25, 0.3) is 0 Å². The number of hydrogen-bond acceptors (Lipinski definition) is 5. The van der Waals surface area contributed by atoms with Gasteiger partial charge in [-0.1, -0.05) is 13.3 Å². The van der Waals surface area contributed by atoms with Gasteiger partial charge in [0.15, 0.2) is 5.69 Å². The van der Waals surface area contributed by atoms with E-state index in [-0.39, 0.29) is 17.9 Å². The third kappa shape index (κ3) is 4.46. The first-order valence-corrected chi connectivity index (χ1v) is 5.91. The molecule has 2 amide bonds. The second-order valence-electron chi connectivity index (χ2n) is 4.09. The number of aromatic nitrogens is 1. The maximum Gasteiger partial charge on any atom is 0.364 e. The molecule has 1 aromatic rings. The van der Waals surface area contributed by atoms with Gasteiger partial charge in [-0.2, -0.15) is 0 Å². The standard InChI is InChI=1S/C12H15N3O4/c1-3-4-5-11(16)14-12(17)9-6-8(2)13-10(7-9)15(18)19/h6-7H,3-5H2,1-2H3,(H,14,16,17). The molecule has 0 aromatic carbocycles. The highest BCUT2D eigenvalue weighted by atomic mass is 16.6. The van der Waals surface area contributed by atoms with Gasteiger partial charge in [0, 0.05) is 19.4 Å². The van der Waals surface area contributed by atoms with Crippen LogP contribution in [0.15, 0.2) is 12.1 Å². The van der Waals surface area contributed by atoms with E-state index in [2.05, 4.69) is 10.3 Å². The molecule has 0 bridgehead atoms. The van der Waals surface area contributed by atoms with E-state index in [0.717, 1.165) is 12.5 Å². The maximum atomic E-state index is 11.8. The van der Waals surface area contributed by atoms with Crippen LogP contribution in [-0.2, 0) is 4.79 Å². The van der Waals surface area contributed by atoms with Crippen molar-refractivity contribution in [1.82, 2.24) is 10.3 Å². The molecule has 0 saturated heterocycles. The fraction of sp³-hybridized carbons (Fsp3) is 0.417. The summed E-state index contributed by atoms with van der Waals surface area (Å²) >= 11 is 0. The summed E-state index contributed by atoms with van der Waals surface area (Å²) in [7, 11) is 0. The van der Waals surface area contributed by atoms with Crippen LogP contribution in [0.2, 0.25) is 0 Å². The number of amides is 2. The number of aryl methyl sites for hydroxylation is 1. The molecule has 0 aliphatic heterocycles. The smallest absolute Gasteiger partial charge is 0.358 e. The molecule has 0 radical (unpaired) electrons. The van der Waals surface area contributed by atoms with Gasteiger partial charge in [0.1, 0.15) is 0 Å². The molecule has 0 atom stereocenters. The lowest BCUT2D eigenvalue weighted by molar-refractivity contribution is -0.389. The molecule has 0 fully saturated rings. The summed E-state index contributed by atoms with van der Waals surface area (Å²) in [5.74, 6) is -1.44. The summed E-state index contributed by atoms with van der Waals surface area (Å²) in [4.78, 5) is 36.8. The van der Waals surface area contributed by atoms with Crippen molar-refractivity contribution in [1.29, 1.82) is 0 Å². The molecule has 0 aliphatic carbocycles. The summed E-state index contributed by atoms with van der Waals surface area (Å²) in [5.41, 5.74) is 0.407. The monoisotopic (exact) mass is 265 g/mol. The SMILES string of the molecule is CCCCC(=O)NC(=O)c1cc(C)nc([N+](=O)[O-])c1. The number of nitro groups is 1. The Morgan fingerprint density at radius 2 is 2.11 bits per heavy atom. The van der Waals surface area contributed by atoms with Gasteiger partial charge < -0.3 is 10.1 Å². The van der Waals surface area contributed by atoms with Gasteiger partial charge in [-0.05, 0) is 22.4 Å². The minimum Gasteiger partial charge on any atom is -0.358 e. The Balaban J connectivity index is 2.82. The Kier molecular flexibility index (Phi) is 5.11. The molecule has 0 saturated carbocycles. The first kappa shape index (κ1) is 14.7. The maximum absolute atomic E-state index is 11.8. The van der Waals surface area contributed by atoms with Crippen LogP contribution in [0, 0.1) is 17.0 Å². The number of imide groups is 1. The molecular weight excluding hydrogens is 250 g/mol. The Bertz CT molecular complexity index is 514. The summed E-state index contributed by atoms with van der Waals surface area (Å²) in [6.07, 6.45) is 1.80. The number of carbonyl (C=O) groups excluding carboxylic acids is 2. The lowest BCUT2D eigenvalue weighted by Gasteiger charge is -2.03. The third-order valence-corrected chi connectivity index (χ3v) is 2.40. The highest BCUT2D eigenvalue weighted by Gasteiger charge is 2.17. The summed E-state index contributed by atoms with van der Waals surface area (Å²) in [6, 6.07) is 2.45. The van der Waals surface area contributed by atoms with Crippen LogP contribution < -0.4 is 5.32 Å². The van der Waals surface area contributed by atoms with E-state index in [0.29, 0.717) is 12.1 Å². The highest BCUT2D eigenvalue weighted by molar-refractivity contribution is 6.04. The van der Waals surface area contributed by atoms with Gasteiger partial charge in [-0.25, -0.2) is 0 Å². The van der Waals surface area contributed by atoms with Crippen LogP contribution in [0.5, 0.6) is 0 Å². The lowest BCUT2D eigenvalue weighted by atomic mass is 10.2. The Morgan fingerprint density at radius 3 is 2.68 bits per heavy atom. The van der Waals surface area contributed by atoms with Gasteiger partial charge in [0.25, 0.3) is 5.91 Å². The number of carbonyl (C=O) groups is 2. The van der Waals surface area contributed by atoms with Crippen LogP contribution in [0.1, 0.15) is 42.2 Å². The van der Waals surface area contributed by atoms with Crippen molar-refractivity contribution in [2.24, 2.45) is 0 Å². The van der Waals surface area contributed by atoms with E-state index in [1.165, 1.54) is 6.07 Å². The van der Waals surface area contributed by atoms with Crippen molar-refractivity contribution in [2.75, 3.05) is 0 Å². The summed E-state index contributed by atoms with van der Waals surface area (Å²) < 4.78 is 0. The van der Waals surface area contributed by atoms with E-state index >= 15 is 0 Å². The van der Waals surface area contributed by atoms with E-state index in [4.69, 9.17) is 0 Å². The first-order chi connectivity index (χ1) is 8.93. The van der Waals surface area contributed by atoms with Gasteiger partial charge in [-0.3, -0.25) is 14.9 Å². The van der Waals surface area contributed by atoms with Crippen LogP contribution in [0.4, 0.5) is 5.82 Å². The molecule has 0 spiro atoms. The van der Waals surface area contributed by atoms with Crippen molar-refractivity contribution in [2.45, 2.75) is 33.1 Å². The van der Waals surface area contributed by atoms with Gasteiger partial charge in [0.2, 0.25) is 5.91 Å². The minimum absolute atomic E-state index is 0.0593. The molecular formula is C12H15N3O4. The Hall–Kier alpha value is -2.31. The molecule has 7 nitrogen and oxygen atoms in total. The predicted octanol–water partition coefficient (Wildman–Crippen LogP) is 1.74. The zero-order valence-electron chi connectivity index (χ0n) is 10.8. The van der Waals surface area contributed by atoms with Crippen molar-refractivity contribution in [3.8, 4) is 0 Å². The Labute approximate surface area is 110 Å². The molecule has 1 heterocycles. The number of nitrogens with zero attached hydrogens (tertiary/aromatic N) is 2. The molecule has 1 N–H and O–H groups in total. The molecule has 1 rings (SSSR count). The number of pyridine rings is 1. The molecule has 19 heavy (non-hydrogen) atoms. The summed E-state index contributed by atoms with van der Waals surface area (Å²) in [6.45, 7) is 3.48. The first-order valence-electron chi connectivity index (χ1n) is 5.91. The fourth-order valence-electron chi connectivity index (χ4n) is 1.47. The quantitative estimate of drug-likeness (QED) is 0.645. The van der Waals surface area contributed by atoms with E-state index in [9.17, 15) is 19.7 Å². The van der Waals surface area contributed by atoms with E-state index in [1.54, 1.807) is 6.92 Å². The lowest BCUT2D eigenvalue weighted by Crippen LogP contribution is -2.30. The minimum atomic E-state index is -0.678. The van der Waals surface area contributed by atoms with E-state index in [1.807, 2.05) is 6.92 Å². The average Bonchev–Trinajstić information content (AvgIpc) is 2.35. The highest BCUT2D eigenvalue weighted by Crippen LogP contribution is 2.12. The molecule has 102 valence electrons. The van der Waals surface area contributed by atoms with Gasteiger partial charge in [-0.15, -0.1) is 0 Å². The van der Waals surface area contributed by atoms with Gasteiger partial charge in [0.05, 0.1) is 5.56 Å². The number of rotatable bonds is 5. The number of unbranched alkanes of at least 4 members (excludes halogenated alkanes) is 1. The molecule has 7 heteroatoms. The zero-order valence-corrected chi connectivity index (χ0v) is 10.8. The van der Waals surface area contributed by atoms with Crippen molar-refractivity contribution in [3.05, 3.63) is 33.5 Å². The van der Waals surface area contributed by atoms with Crippen LogP contribution in [0.3, 0.4) is 0 Å². The normalized spacial score (nSPS) is 10.0. The molecule has 0 aliphatic rings. The van der Waals surface area contributed by atoms with Crippen molar-refractivity contribution in [3.63, 3.8) is 0 Å². The van der Waals surface area contributed by atoms with Gasteiger partial charge >= 0.3 is 5.82 Å². The van der Waals surface area contributed by atoms with Crippen molar-refractivity contribution >= 4 is 17.6 Å². The van der Waals surface area contributed by atoms with Crippen LogP contribution in [-0.4, -0.2) is 21.7 Å². The number of hydrogen-bond donors (Lipinski definition) is 1. The molecule has 0 unspecified atom stereocenters. The number of nitrogens with one attached hydrogen (secondary N) is 1. The zero-order chi connectivity index (χ0) is 14.4. The largest absolute Gasteiger partial charge is 0.364 e. The fourth-order valence-corrected chi connectivity index (χ4v) is 1.47. The Morgan fingerprint density at radius 1 is 1.42 bits per heavy atom. The second-order valence-corrected chi connectivity index (χ2v) is 4.09.